The molecule has 0 heterocycles. The lowest BCUT2D eigenvalue weighted by Crippen LogP contribution is -2.25. The highest BCUT2D eigenvalue weighted by molar-refractivity contribution is 5.50. The minimum Gasteiger partial charge on any atom is -0.389 e. The van der Waals surface area contributed by atoms with Crippen LogP contribution in [0.3, 0.4) is 0 Å². The summed E-state index contributed by atoms with van der Waals surface area (Å²) >= 11 is 0. The topological polar surface area (TPSA) is 50.7 Å². The lowest BCUT2D eigenvalue weighted by Gasteiger charge is -2.15. The van der Waals surface area contributed by atoms with Crippen LogP contribution in [-0.2, 0) is 16.1 Å². The summed E-state index contributed by atoms with van der Waals surface area (Å²) in [6.07, 6.45) is -0.495. The van der Waals surface area contributed by atoms with Gasteiger partial charge in [-0.15, -0.1) is 0 Å². The van der Waals surface area contributed by atoms with E-state index in [1.165, 1.54) is 0 Å². The number of nitrogens with one attached hydrogen (secondary N) is 1. The van der Waals surface area contributed by atoms with Crippen LogP contribution >= 0.6 is 0 Å². The summed E-state index contributed by atoms with van der Waals surface area (Å²) in [6, 6.07) is 7.90. The molecule has 0 bridgehead atoms. The average Bonchev–Trinajstić information content (AvgIpc) is 2.35. The van der Waals surface area contributed by atoms with Crippen molar-refractivity contribution in [2.45, 2.75) is 19.6 Å². The third-order valence-corrected chi connectivity index (χ3v) is 2.36. The molecule has 2 N–H and O–H groups in total. The van der Waals surface area contributed by atoms with Crippen molar-refractivity contribution in [3.63, 3.8) is 0 Å². The Morgan fingerprint density at radius 2 is 2.12 bits per heavy atom. The van der Waals surface area contributed by atoms with Gasteiger partial charge in [-0.3, -0.25) is 0 Å². The highest BCUT2D eigenvalue weighted by atomic mass is 16.5. The zero-order valence-electron chi connectivity index (χ0n) is 10.5. The van der Waals surface area contributed by atoms with Crippen molar-refractivity contribution in [2.75, 3.05) is 32.2 Å². The first-order chi connectivity index (χ1) is 8.27. The molecule has 0 fully saturated rings. The minimum absolute atomic E-state index is 0.357. The van der Waals surface area contributed by atoms with Crippen LogP contribution in [0, 0.1) is 0 Å². The summed E-state index contributed by atoms with van der Waals surface area (Å²) in [4.78, 5) is 0. The molecule has 4 heteroatoms. The molecule has 0 saturated carbocycles. The molecule has 0 aliphatic carbocycles. The van der Waals surface area contributed by atoms with Gasteiger partial charge in [-0.05, 0) is 13.0 Å². The van der Waals surface area contributed by atoms with Gasteiger partial charge >= 0.3 is 0 Å². The Hall–Kier alpha value is -1.10. The molecule has 1 rings (SSSR count). The van der Waals surface area contributed by atoms with Crippen molar-refractivity contribution < 1.29 is 14.6 Å². The number of hydrogen-bond acceptors (Lipinski definition) is 4. The second kappa shape index (κ2) is 8.06. The monoisotopic (exact) mass is 239 g/mol. The van der Waals surface area contributed by atoms with Gasteiger partial charge in [0.05, 0.1) is 19.3 Å². The van der Waals surface area contributed by atoms with E-state index in [1.54, 1.807) is 7.11 Å². The Morgan fingerprint density at radius 1 is 1.35 bits per heavy atom. The van der Waals surface area contributed by atoms with Gasteiger partial charge in [-0.25, -0.2) is 0 Å². The third-order valence-electron chi connectivity index (χ3n) is 2.36. The molecular weight excluding hydrogens is 218 g/mol. The fourth-order valence-electron chi connectivity index (χ4n) is 1.51. The van der Waals surface area contributed by atoms with Gasteiger partial charge in [0.15, 0.2) is 0 Å². The number of rotatable bonds is 8. The van der Waals surface area contributed by atoms with E-state index in [0.717, 1.165) is 11.3 Å². The lowest BCUT2D eigenvalue weighted by molar-refractivity contribution is 0.0495. The van der Waals surface area contributed by atoms with Crippen LogP contribution in [-0.4, -0.2) is 38.1 Å². The average molecular weight is 239 g/mol. The van der Waals surface area contributed by atoms with Crippen LogP contribution in [0.15, 0.2) is 24.3 Å². The second-order valence-electron chi connectivity index (χ2n) is 3.78. The Kier molecular flexibility index (Phi) is 6.62. The number of para-hydroxylation sites is 1. The van der Waals surface area contributed by atoms with Crippen LogP contribution in [0.1, 0.15) is 12.5 Å². The fraction of sp³-hybridized carbons (Fsp3) is 0.538. The smallest absolute Gasteiger partial charge is 0.0945 e. The number of hydrogen-bond donors (Lipinski definition) is 2. The number of aliphatic hydroxyl groups is 1. The third kappa shape index (κ3) is 5.17. The van der Waals surface area contributed by atoms with Crippen LogP contribution < -0.4 is 5.32 Å². The molecule has 0 saturated heterocycles. The molecule has 17 heavy (non-hydrogen) atoms. The quantitative estimate of drug-likeness (QED) is 0.724. The normalized spacial score (nSPS) is 12.4. The summed E-state index contributed by atoms with van der Waals surface area (Å²) in [6.45, 7) is 3.92. The molecule has 0 radical (unpaired) electrons. The van der Waals surface area contributed by atoms with E-state index in [9.17, 15) is 5.11 Å². The Balaban J connectivity index is 2.44. The van der Waals surface area contributed by atoms with E-state index in [-0.39, 0.29) is 0 Å². The summed E-state index contributed by atoms with van der Waals surface area (Å²) in [5.41, 5.74) is 2.07. The van der Waals surface area contributed by atoms with E-state index < -0.39 is 6.10 Å². The second-order valence-corrected chi connectivity index (χ2v) is 3.78. The Labute approximate surface area is 103 Å². The van der Waals surface area contributed by atoms with E-state index in [4.69, 9.17) is 9.47 Å². The maximum absolute atomic E-state index is 9.64. The first-order valence-corrected chi connectivity index (χ1v) is 5.84. The van der Waals surface area contributed by atoms with E-state index >= 15 is 0 Å². The minimum atomic E-state index is -0.495. The van der Waals surface area contributed by atoms with Crippen molar-refractivity contribution in [2.24, 2.45) is 0 Å². The summed E-state index contributed by atoms with van der Waals surface area (Å²) in [5.74, 6) is 0. The highest BCUT2D eigenvalue weighted by Crippen LogP contribution is 2.15. The zero-order valence-corrected chi connectivity index (χ0v) is 10.5. The van der Waals surface area contributed by atoms with Crippen molar-refractivity contribution in [1.29, 1.82) is 0 Å². The van der Waals surface area contributed by atoms with Gasteiger partial charge in [0.1, 0.15) is 0 Å². The van der Waals surface area contributed by atoms with Crippen molar-refractivity contribution >= 4 is 5.69 Å². The number of aliphatic hydroxyl groups excluding tert-OH is 1. The number of anilines is 1. The molecule has 1 atom stereocenters. The lowest BCUT2D eigenvalue weighted by atomic mass is 10.2. The van der Waals surface area contributed by atoms with Gasteiger partial charge in [-0.1, -0.05) is 18.2 Å². The molecule has 4 nitrogen and oxygen atoms in total. The van der Waals surface area contributed by atoms with Gasteiger partial charge in [0.25, 0.3) is 0 Å². The first kappa shape index (κ1) is 14.0. The first-order valence-electron chi connectivity index (χ1n) is 5.84. The molecular formula is C13H21NO3. The van der Waals surface area contributed by atoms with Gasteiger partial charge in [-0.2, -0.15) is 0 Å². The number of benzene rings is 1. The SMILES string of the molecule is CCOCC(O)CNc1ccccc1COC. The molecule has 1 aromatic rings. The predicted octanol–water partition coefficient (Wildman–Crippen LogP) is 1.64. The van der Waals surface area contributed by atoms with Crippen molar-refractivity contribution in [1.82, 2.24) is 0 Å². The maximum atomic E-state index is 9.64. The van der Waals surface area contributed by atoms with Crippen molar-refractivity contribution in [3.8, 4) is 0 Å². The van der Waals surface area contributed by atoms with Gasteiger partial charge in [0, 0.05) is 31.5 Å². The zero-order chi connectivity index (χ0) is 12.5. The van der Waals surface area contributed by atoms with Crippen LogP contribution in [0.2, 0.25) is 0 Å². The van der Waals surface area contributed by atoms with Gasteiger partial charge in [0.2, 0.25) is 0 Å². The van der Waals surface area contributed by atoms with Crippen molar-refractivity contribution in [3.05, 3.63) is 29.8 Å². The standard InChI is InChI=1S/C13H21NO3/c1-3-17-10-12(15)8-14-13-7-5-4-6-11(13)9-16-2/h4-7,12,14-15H,3,8-10H2,1-2H3. The highest BCUT2D eigenvalue weighted by Gasteiger charge is 2.05. The van der Waals surface area contributed by atoms with Crippen LogP contribution in [0.4, 0.5) is 5.69 Å². The molecule has 96 valence electrons. The molecule has 1 aromatic carbocycles. The maximum Gasteiger partial charge on any atom is 0.0945 e. The Morgan fingerprint density at radius 3 is 2.82 bits per heavy atom. The molecule has 0 spiro atoms. The fourth-order valence-corrected chi connectivity index (χ4v) is 1.51. The van der Waals surface area contributed by atoms with Crippen LogP contribution in [0.5, 0.6) is 0 Å². The molecule has 1 unspecified atom stereocenters. The predicted molar refractivity (Wildman–Crippen MR) is 68.1 cm³/mol. The molecule has 0 aliphatic rings. The summed E-state index contributed by atoms with van der Waals surface area (Å²) < 4.78 is 10.3. The van der Waals surface area contributed by atoms with E-state index in [2.05, 4.69) is 5.32 Å². The van der Waals surface area contributed by atoms with Gasteiger partial charge < -0.3 is 19.9 Å². The molecule has 0 aliphatic heterocycles. The molecule has 0 amide bonds. The van der Waals surface area contributed by atoms with E-state index in [0.29, 0.717) is 26.4 Å². The number of ether oxygens (including phenoxy) is 2. The summed E-state index contributed by atoms with van der Waals surface area (Å²) in [5, 5.41) is 12.8. The Bertz CT molecular complexity index is 317. The molecule has 0 aromatic heterocycles. The largest absolute Gasteiger partial charge is 0.389 e. The van der Waals surface area contributed by atoms with Crippen LogP contribution in [0.25, 0.3) is 0 Å². The number of methoxy groups -OCH3 is 1. The van der Waals surface area contributed by atoms with E-state index in [1.807, 2.05) is 31.2 Å². The summed E-state index contributed by atoms with van der Waals surface area (Å²) in [7, 11) is 1.67.